The van der Waals surface area contributed by atoms with Crippen LogP contribution in [0.15, 0.2) is 63.9 Å². The quantitative estimate of drug-likeness (QED) is 0.761. The second-order valence-electron chi connectivity index (χ2n) is 5.01. The number of hydrogen-bond acceptors (Lipinski definition) is 3. The summed E-state index contributed by atoms with van der Waals surface area (Å²) in [5.74, 6) is 0.182. The standard InChI is InChI=1S/C17H12Cl2N2O3/c18-11-4-6-14(13(19)9-11)20-17(23)15-7-5-12(24-15)10-21-8-2-1-3-16(21)22/h1-9H,10H2,(H,20,23). The molecule has 0 unspecified atom stereocenters. The number of hydrogen-bond donors (Lipinski definition) is 1. The van der Waals surface area contributed by atoms with E-state index in [1.54, 1.807) is 42.6 Å². The van der Waals surface area contributed by atoms with E-state index in [4.69, 9.17) is 27.6 Å². The summed E-state index contributed by atoms with van der Waals surface area (Å²) in [4.78, 5) is 23.9. The Labute approximate surface area is 147 Å². The van der Waals surface area contributed by atoms with Crippen molar-refractivity contribution >= 4 is 34.8 Å². The SMILES string of the molecule is O=C(Nc1ccc(Cl)cc1Cl)c1ccc(Cn2ccccc2=O)o1. The van der Waals surface area contributed by atoms with E-state index in [1.165, 1.54) is 16.7 Å². The summed E-state index contributed by atoms with van der Waals surface area (Å²) >= 11 is 11.8. The van der Waals surface area contributed by atoms with E-state index in [1.807, 2.05) is 0 Å². The molecule has 0 aliphatic heterocycles. The van der Waals surface area contributed by atoms with Crippen LogP contribution in [0.4, 0.5) is 5.69 Å². The lowest BCUT2D eigenvalue weighted by atomic mass is 10.3. The molecule has 7 heteroatoms. The van der Waals surface area contributed by atoms with Gasteiger partial charge in [-0.25, -0.2) is 0 Å². The zero-order valence-corrected chi connectivity index (χ0v) is 13.8. The van der Waals surface area contributed by atoms with Gasteiger partial charge in [-0.2, -0.15) is 0 Å². The minimum absolute atomic E-state index is 0.125. The fourth-order valence-corrected chi connectivity index (χ4v) is 2.57. The van der Waals surface area contributed by atoms with Gasteiger partial charge in [-0.15, -0.1) is 0 Å². The third-order valence-corrected chi connectivity index (χ3v) is 3.84. The molecule has 0 spiro atoms. The number of halogens is 2. The van der Waals surface area contributed by atoms with Crippen LogP contribution < -0.4 is 10.9 Å². The van der Waals surface area contributed by atoms with E-state index in [-0.39, 0.29) is 17.9 Å². The maximum absolute atomic E-state index is 12.2. The molecular weight excluding hydrogens is 351 g/mol. The highest BCUT2D eigenvalue weighted by atomic mass is 35.5. The zero-order chi connectivity index (χ0) is 17.1. The van der Waals surface area contributed by atoms with E-state index >= 15 is 0 Å². The molecular formula is C17H12Cl2N2O3. The molecule has 122 valence electrons. The van der Waals surface area contributed by atoms with Crippen LogP contribution in [-0.4, -0.2) is 10.5 Å². The fourth-order valence-electron chi connectivity index (χ4n) is 2.12. The van der Waals surface area contributed by atoms with Crippen LogP contribution in [0.3, 0.4) is 0 Å². The summed E-state index contributed by atoms with van der Waals surface area (Å²) < 4.78 is 6.98. The first-order valence-electron chi connectivity index (χ1n) is 7.03. The van der Waals surface area contributed by atoms with Crippen molar-refractivity contribution in [3.63, 3.8) is 0 Å². The predicted octanol–water partition coefficient (Wildman–Crippen LogP) is 4.05. The smallest absolute Gasteiger partial charge is 0.291 e. The molecule has 0 atom stereocenters. The molecule has 1 amide bonds. The summed E-state index contributed by atoms with van der Waals surface area (Å²) in [6.45, 7) is 0.245. The lowest BCUT2D eigenvalue weighted by Crippen LogP contribution is -2.18. The van der Waals surface area contributed by atoms with Gasteiger partial charge in [-0.3, -0.25) is 9.59 Å². The van der Waals surface area contributed by atoms with Crippen molar-refractivity contribution in [2.75, 3.05) is 5.32 Å². The molecule has 5 nitrogen and oxygen atoms in total. The maximum atomic E-state index is 12.2. The summed E-state index contributed by atoms with van der Waals surface area (Å²) in [6.07, 6.45) is 1.65. The molecule has 3 rings (SSSR count). The Bertz CT molecular complexity index is 947. The molecule has 3 aromatic rings. The molecule has 0 aliphatic rings. The molecule has 0 aliphatic carbocycles. The number of furan rings is 1. The number of aromatic nitrogens is 1. The van der Waals surface area contributed by atoms with Crippen molar-refractivity contribution in [2.24, 2.45) is 0 Å². The zero-order valence-electron chi connectivity index (χ0n) is 12.3. The van der Waals surface area contributed by atoms with E-state index in [0.29, 0.717) is 21.5 Å². The van der Waals surface area contributed by atoms with E-state index < -0.39 is 5.91 Å². The number of nitrogens with zero attached hydrogens (tertiary/aromatic N) is 1. The Morgan fingerprint density at radius 1 is 1.12 bits per heavy atom. The minimum atomic E-state index is -0.439. The first kappa shape index (κ1) is 16.4. The third-order valence-electron chi connectivity index (χ3n) is 3.29. The third kappa shape index (κ3) is 3.69. The topological polar surface area (TPSA) is 64.2 Å². The fraction of sp³-hybridized carbons (Fsp3) is 0.0588. The van der Waals surface area contributed by atoms with Crippen LogP contribution in [-0.2, 0) is 6.54 Å². The largest absolute Gasteiger partial charge is 0.454 e. The first-order chi connectivity index (χ1) is 11.5. The molecule has 2 aromatic heterocycles. The van der Waals surface area contributed by atoms with E-state index in [2.05, 4.69) is 5.32 Å². The molecule has 0 saturated heterocycles. The molecule has 0 radical (unpaired) electrons. The number of amides is 1. The van der Waals surface area contributed by atoms with Crippen LogP contribution in [0, 0.1) is 0 Å². The van der Waals surface area contributed by atoms with Gasteiger partial charge in [0, 0.05) is 17.3 Å². The van der Waals surface area contributed by atoms with Crippen molar-refractivity contribution in [1.29, 1.82) is 0 Å². The van der Waals surface area contributed by atoms with Gasteiger partial charge in [0.2, 0.25) is 0 Å². The Morgan fingerprint density at radius 3 is 2.71 bits per heavy atom. The van der Waals surface area contributed by atoms with E-state index in [0.717, 1.165) is 0 Å². The number of nitrogens with one attached hydrogen (secondary N) is 1. The second-order valence-corrected chi connectivity index (χ2v) is 5.85. The van der Waals surface area contributed by atoms with Gasteiger partial charge in [0.05, 0.1) is 17.3 Å². The van der Waals surface area contributed by atoms with Gasteiger partial charge in [0.25, 0.3) is 11.5 Å². The highest BCUT2D eigenvalue weighted by Gasteiger charge is 2.13. The number of pyridine rings is 1. The van der Waals surface area contributed by atoms with Gasteiger partial charge >= 0.3 is 0 Å². The summed E-state index contributed by atoms with van der Waals surface area (Å²) in [7, 11) is 0. The van der Waals surface area contributed by atoms with Crippen LogP contribution >= 0.6 is 23.2 Å². The maximum Gasteiger partial charge on any atom is 0.291 e. The monoisotopic (exact) mass is 362 g/mol. The van der Waals surface area contributed by atoms with E-state index in [9.17, 15) is 9.59 Å². The molecule has 0 bridgehead atoms. The first-order valence-corrected chi connectivity index (χ1v) is 7.79. The molecule has 0 saturated carbocycles. The number of benzene rings is 1. The van der Waals surface area contributed by atoms with Gasteiger partial charge < -0.3 is 14.3 Å². The number of anilines is 1. The van der Waals surface area contributed by atoms with Crippen LogP contribution in [0.2, 0.25) is 10.0 Å². The van der Waals surface area contributed by atoms with Gasteiger partial charge in [-0.1, -0.05) is 29.3 Å². The number of rotatable bonds is 4. The number of carbonyl (C=O) groups excluding carboxylic acids is 1. The molecule has 0 fully saturated rings. The summed E-state index contributed by atoms with van der Waals surface area (Å²) in [5, 5.41) is 3.46. The Morgan fingerprint density at radius 2 is 1.96 bits per heavy atom. The normalized spacial score (nSPS) is 10.6. The van der Waals surface area contributed by atoms with Gasteiger partial charge in [0.15, 0.2) is 5.76 Å². The summed E-state index contributed by atoms with van der Waals surface area (Å²) in [5.41, 5.74) is 0.288. The average Bonchev–Trinajstić information content (AvgIpc) is 3.01. The highest BCUT2D eigenvalue weighted by Crippen LogP contribution is 2.26. The second kappa shape index (κ2) is 6.95. The van der Waals surface area contributed by atoms with Crippen LogP contribution in [0.1, 0.15) is 16.3 Å². The predicted molar refractivity (Wildman–Crippen MR) is 92.9 cm³/mol. The lowest BCUT2D eigenvalue weighted by Gasteiger charge is -2.06. The Kier molecular flexibility index (Phi) is 4.74. The minimum Gasteiger partial charge on any atom is -0.454 e. The molecule has 2 heterocycles. The molecule has 24 heavy (non-hydrogen) atoms. The van der Waals surface area contributed by atoms with Crippen LogP contribution in [0.25, 0.3) is 0 Å². The Balaban J connectivity index is 1.74. The lowest BCUT2D eigenvalue weighted by molar-refractivity contribution is 0.0994. The Hall–Kier alpha value is -2.50. The molecule has 1 N–H and O–H groups in total. The highest BCUT2D eigenvalue weighted by molar-refractivity contribution is 6.36. The van der Waals surface area contributed by atoms with Crippen molar-refractivity contribution in [3.8, 4) is 0 Å². The van der Waals surface area contributed by atoms with Crippen molar-refractivity contribution in [2.45, 2.75) is 6.54 Å². The van der Waals surface area contributed by atoms with Gasteiger partial charge in [-0.05, 0) is 36.4 Å². The van der Waals surface area contributed by atoms with Crippen molar-refractivity contribution in [1.82, 2.24) is 4.57 Å². The van der Waals surface area contributed by atoms with Crippen molar-refractivity contribution < 1.29 is 9.21 Å². The molecule has 1 aromatic carbocycles. The van der Waals surface area contributed by atoms with Gasteiger partial charge in [0.1, 0.15) is 5.76 Å². The average molecular weight is 363 g/mol. The summed E-state index contributed by atoms with van der Waals surface area (Å²) in [6, 6.07) is 12.8. The number of carbonyl (C=O) groups is 1. The van der Waals surface area contributed by atoms with Crippen molar-refractivity contribution in [3.05, 3.63) is 86.6 Å². The van der Waals surface area contributed by atoms with Crippen LogP contribution in [0.5, 0.6) is 0 Å².